The van der Waals surface area contributed by atoms with E-state index in [1.54, 1.807) is 18.3 Å². The lowest BCUT2D eigenvalue weighted by Crippen LogP contribution is -2.03. The molecule has 15 heavy (non-hydrogen) atoms. The van der Waals surface area contributed by atoms with E-state index >= 15 is 0 Å². The molecule has 0 N–H and O–H groups in total. The fraction of sp³-hybridized carbons (Fsp3) is 0.0909. The van der Waals surface area contributed by atoms with Crippen LogP contribution < -0.4 is 0 Å². The molecule has 0 saturated carbocycles. The molecule has 2 aromatic heterocycles. The van der Waals surface area contributed by atoms with Crippen LogP contribution in [0.25, 0.3) is 0 Å². The van der Waals surface area contributed by atoms with Gasteiger partial charge in [-0.25, -0.2) is 0 Å². The molecule has 0 bridgehead atoms. The standard InChI is InChI=1S/C11H8ClNOS/c1-7-4-6-15-11(7)10(14)9-8(12)3-2-5-13-9/h2-6H,1H3. The van der Waals surface area contributed by atoms with Crippen molar-refractivity contribution in [1.29, 1.82) is 0 Å². The Hall–Kier alpha value is -1.19. The highest BCUT2D eigenvalue weighted by atomic mass is 35.5. The molecule has 76 valence electrons. The molecule has 2 nitrogen and oxygen atoms in total. The number of thiophene rings is 1. The first-order chi connectivity index (χ1) is 7.20. The predicted octanol–water partition coefficient (Wildman–Crippen LogP) is 3.34. The third-order valence-electron chi connectivity index (χ3n) is 2.04. The van der Waals surface area contributed by atoms with Gasteiger partial charge in [-0.2, -0.15) is 0 Å². The molecule has 0 spiro atoms. The summed E-state index contributed by atoms with van der Waals surface area (Å²) in [4.78, 5) is 16.7. The Bertz CT molecular complexity index is 507. The van der Waals surface area contributed by atoms with Crippen molar-refractivity contribution in [1.82, 2.24) is 4.98 Å². The first kappa shape index (κ1) is 10.3. The highest BCUT2D eigenvalue weighted by Gasteiger charge is 2.16. The topological polar surface area (TPSA) is 30.0 Å². The summed E-state index contributed by atoms with van der Waals surface area (Å²) in [6, 6.07) is 5.29. The van der Waals surface area contributed by atoms with Crippen molar-refractivity contribution in [2.24, 2.45) is 0 Å². The van der Waals surface area contributed by atoms with E-state index in [2.05, 4.69) is 4.98 Å². The molecule has 4 heteroatoms. The van der Waals surface area contributed by atoms with Crippen LogP contribution in [0.15, 0.2) is 29.8 Å². The maximum absolute atomic E-state index is 12.0. The number of halogens is 1. The Morgan fingerprint density at radius 1 is 1.47 bits per heavy atom. The van der Waals surface area contributed by atoms with Crippen molar-refractivity contribution in [3.63, 3.8) is 0 Å². The van der Waals surface area contributed by atoms with Crippen LogP contribution in [-0.4, -0.2) is 10.8 Å². The van der Waals surface area contributed by atoms with E-state index in [1.807, 2.05) is 18.4 Å². The van der Waals surface area contributed by atoms with E-state index in [1.165, 1.54) is 11.3 Å². The minimum atomic E-state index is -0.104. The van der Waals surface area contributed by atoms with Crippen molar-refractivity contribution in [3.05, 3.63) is 50.9 Å². The summed E-state index contributed by atoms with van der Waals surface area (Å²) in [5, 5.41) is 2.29. The van der Waals surface area contributed by atoms with Gasteiger partial charge in [0.1, 0.15) is 5.69 Å². The summed E-state index contributed by atoms with van der Waals surface area (Å²) in [6.07, 6.45) is 1.57. The Kier molecular flexibility index (Phi) is 2.84. The van der Waals surface area contributed by atoms with Crippen molar-refractivity contribution < 1.29 is 4.79 Å². The largest absolute Gasteiger partial charge is 0.286 e. The van der Waals surface area contributed by atoms with Gasteiger partial charge in [0.05, 0.1) is 9.90 Å². The average Bonchev–Trinajstić information content (AvgIpc) is 2.64. The van der Waals surface area contributed by atoms with Crippen molar-refractivity contribution >= 4 is 28.7 Å². The first-order valence-corrected chi connectivity index (χ1v) is 5.65. The summed E-state index contributed by atoms with van der Waals surface area (Å²) in [5.41, 5.74) is 1.29. The highest BCUT2D eigenvalue weighted by molar-refractivity contribution is 7.12. The molecule has 0 aromatic carbocycles. The van der Waals surface area contributed by atoms with Gasteiger partial charge in [-0.3, -0.25) is 9.78 Å². The monoisotopic (exact) mass is 237 g/mol. The Morgan fingerprint density at radius 2 is 2.27 bits per heavy atom. The van der Waals surface area contributed by atoms with Crippen LogP contribution in [0.2, 0.25) is 5.02 Å². The summed E-state index contributed by atoms with van der Waals surface area (Å²) in [5.74, 6) is -0.104. The van der Waals surface area contributed by atoms with Gasteiger partial charge in [0.25, 0.3) is 0 Å². The van der Waals surface area contributed by atoms with Gasteiger partial charge < -0.3 is 0 Å². The average molecular weight is 238 g/mol. The molecule has 0 aliphatic rings. The van der Waals surface area contributed by atoms with Crippen LogP contribution in [0.3, 0.4) is 0 Å². The minimum absolute atomic E-state index is 0.104. The minimum Gasteiger partial charge on any atom is -0.286 e. The third kappa shape index (κ3) is 1.94. The molecule has 0 unspecified atom stereocenters. The lowest BCUT2D eigenvalue weighted by molar-refractivity contribution is 0.103. The number of hydrogen-bond donors (Lipinski definition) is 0. The van der Waals surface area contributed by atoms with Gasteiger partial charge in [0.15, 0.2) is 0 Å². The summed E-state index contributed by atoms with van der Waals surface area (Å²) < 4.78 is 0. The number of ketones is 1. The highest BCUT2D eigenvalue weighted by Crippen LogP contribution is 2.22. The second kappa shape index (κ2) is 4.13. The number of carbonyl (C=O) groups excluding carboxylic acids is 1. The second-order valence-corrected chi connectivity index (χ2v) is 4.42. The molecular formula is C11H8ClNOS. The van der Waals surface area contributed by atoms with Crippen molar-refractivity contribution in [3.8, 4) is 0 Å². The molecule has 0 radical (unpaired) electrons. The van der Waals surface area contributed by atoms with E-state index in [0.717, 1.165) is 5.56 Å². The van der Waals surface area contributed by atoms with Gasteiger partial charge in [-0.1, -0.05) is 11.6 Å². The first-order valence-electron chi connectivity index (χ1n) is 4.39. The van der Waals surface area contributed by atoms with Crippen LogP contribution in [0.1, 0.15) is 20.9 Å². The summed E-state index contributed by atoms with van der Waals surface area (Å²) >= 11 is 7.32. The zero-order valence-electron chi connectivity index (χ0n) is 8.03. The molecule has 2 heterocycles. The zero-order valence-corrected chi connectivity index (χ0v) is 9.60. The molecule has 0 amide bonds. The second-order valence-electron chi connectivity index (χ2n) is 3.10. The maximum atomic E-state index is 12.0. The summed E-state index contributed by atoms with van der Waals surface area (Å²) in [7, 11) is 0. The predicted molar refractivity (Wildman–Crippen MR) is 61.7 cm³/mol. The van der Waals surface area contributed by atoms with Gasteiger partial charge >= 0.3 is 0 Å². The molecule has 0 saturated heterocycles. The van der Waals surface area contributed by atoms with Crippen LogP contribution in [0.4, 0.5) is 0 Å². The number of aryl methyl sites for hydroxylation is 1. The molecule has 2 aromatic rings. The van der Waals surface area contributed by atoms with Crippen molar-refractivity contribution in [2.45, 2.75) is 6.92 Å². The molecular weight excluding hydrogens is 230 g/mol. The number of pyridine rings is 1. The van der Waals surface area contributed by atoms with Gasteiger partial charge in [0.2, 0.25) is 5.78 Å². The lowest BCUT2D eigenvalue weighted by atomic mass is 10.1. The molecule has 0 aliphatic carbocycles. The van der Waals surface area contributed by atoms with E-state index < -0.39 is 0 Å². The third-order valence-corrected chi connectivity index (χ3v) is 3.36. The number of hydrogen-bond acceptors (Lipinski definition) is 3. The fourth-order valence-corrected chi connectivity index (χ4v) is 2.34. The Labute approximate surface area is 96.5 Å². The lowest BCUT2D eigenvalue weighted by Gasteiger charge is -2.00. The van der Waals surface area contributed by atoms with Crippen LogP contribution in [0.5, 0.6) is 0 Å². The summed E-state index contributed by atoms with van der Waals surface area (Å²) in [6.45, 7) is 1.90. The van der Waals surface area contributed by atoms with Crippen molar-refractivity contribution in [2.75, 3.05) is 0 Å². The van der Waals surface area contributed by atoms with Crippen LogP contribution in [-0.2, 0) is 0 Å². The quantitative estimate of drug-likeness (QED) is 0.750. The van der Waals surface area contributed by atoms with Crippen LogP contribution >= 0.6 is 22.9 Å². The molecule has 2 rings (SSSR count). The Balaban J connectivity index is 2.46. The zero-order chi connectivity index (χ0) is 10.8. The van der Waals surface area contributed by atoms with E-state index in [-0.39, 0.29) is 5.78 Å². The number of carbonyl (C=O) groups is 1. The van der Waals surface area contributed by atoms with Crippen LogP contribution in [0, 0.1) is 6.92 Å². The van der Waals surface area contributed by atoms with Gasteiger partial charge in [-0.05, 0) is 36.1 Å². The van der Waals surface area contributed by atoms with E-state index in [9.17, 15) is 4.79 Å². The van der Waals surface area contributed by atoms with E-state index in [4.69, 9.17) is 11.6 Å². The molecule has 0 atom stereocenters. The van der Waals surface area contributed by atoms with Gasteiger partial charge in [0, 0.05) is 6.20 Å². The normalized spacial score (nSPS) is 10.3. The SMILES string of the molecule is Cc1ccsc1C(=O)c1ncccc1Cl. The number of rotatable bonds is 2. The molecule has 0 aliphatic heterocycles. The smallest absolute Gasteiger partial charge is 0.223 e. The van der Waals surface area contributed by atoms with Gasteiger partial charge in [-0.15, -0.1) is 11.3 Å². The van der Waals surface area contributed by atoms with E-state index in [0.29, 0.717) is 15.6 Å². The molecule has 0 fully saturated rings. The Morgan fingerprint density at radius 3 is 2.87 bits per heavy atom. The number of aromatic nitrogens is 1. The number of nitrogens with zero attached hydrogens (tertiary/aromatic N) is 1. The maximum Gasteiger partial charge on any atom is 0.223 e. The fourth-order valence-electron chi connectivity index (χ4n) is 1.27.